The van der Waals surface area contributed by atoms with Crippen LogP contribution in [0.1, 0.15) is 5.76 Å². The van der Waals surface area contributed by atoms with Gasteiger partial charge in [0, 0.05) is 0 Å². The number of allylic oxidation sites excluding steroid dienone is 2. The van der Waals surface area contributed by atoms with Crippen molar-refractivity contribution in [2.75, 3.05) is 0 Å². The summed E-state index contributed by atoms with van der Waals surface area (Å²) < 4.78 is 8.88. The third-order valence-electron chi connectivity index (χ3n) is 0.869. The second-order valence-electron chi connectivity index (χ2n) is 1.58. The van der Waals surface area contributed by atoms with Crippen LogP contribution in [0.5, 0.6) is 0 Å². The molecule has 1 aromatic rings. The van der Waals surface area contributed by atoms with E-state index in [4.69, 9.17) is 0 Å². The zero-order valence-corrected chi connectivity index (χ0v) is 5.24. The van der Waals surface area contributed by atoms with Crippen LogP contribution in [-0.4, -0.2) is 0 Å². The summed E-state index contributed by atoms with van der Waals surface area (Å²) in [6.45, 7) is 3.45. The van der Waals surface area contributed by atoms with Crippen LogP contribution in [0.3, 0.4) is 0 Å². The fraction of sp³-hybridized carbons (Fsp3) is 0. The highest BCUT2D eigenvalue weighted by molar-refractivity contribution is 5.42. The molecule has 0 aromatic carbocycles. The number of hydrogen-bond donors (Lipinski definition) is 0. The molecule has 0 aliphatic carbocycles. The molecule has 3 heteroatoms. The fourth-order valence-corrected chi connectivity index (χ4v) is 0.487. The van der Waals surface area contributed by atoms with Crippen LogP contribution in [0.2, 0.25) is 0 Å². The second kappa shape index (κ2) is 2.87. The van der Waals surface area contributed by atoms with Gasteiger partial charge in [-0.05, 0) is 6.08 Å². The lowest BCUT2D eigenvalue weighted by Crippen LogP contribution is -1.84. The average molecular weight is 138 g/mol. The highest BCUT2D eigenvalue weighted by atomic mass is 16.6. The Morgan fingerprint density at radius 3 is 2.90 bits per heavy atom. The van der Waals surface area contributed by atoms with Gasteiger partial charge in [0.1, 0.15) is 6.26 Å². The molecular weight excluding hydrogens is 132 g/mol. The van der Waals surface area contributed by atoms with E-state index in [2.05, 4.69) is 15.4 Å². The van der Waals surface area contributed by atoms with E-state index in [0.29, 0.717) is 5.76 Å². The molecule has 0 atom stereocenters. The van der Waals surface area contributed by atoms with E-state index in [0.717, 1.165) is 0 Å². The molecule has 0 aliphatic rings. The van der Waals surface area contributed by atoms with Crippen molar-refractivity contribution in [1.82, 2.24) is 0 Å². The Kier molecular flexibility index (Phi) is 1.89. The van der Waals surface area contributed by atoms with E-state index in [1.807, 2.05) is 0 Å². The zero-order valence-electron chi connectivity index (χ0n) is 5.24. The lowest BCUT2D eigenvalue weighted by molar-refractivity contribution is 0.383. The summed E-state index contributed by atoms with van der Waals surface area (Å²) in [5.74, 6) is -0.298. The first kappa shape index (κ1) is 6.61. The highest BCUT2D eigenvalue weighted by Gasteiger charge is 1.92. The minimum Gasteiger partial charge on any atom is -0.399 e. The Balaban J connectivity index is 2.85. The molecule has 1 heterocycles. The Bertz CT molecular complexity index is 290. The molecule has 0 N–H and O–H groups in total. The van der Waals surface area contributed by atoms with Gasteiger partial charge in [0.25, 0.3) is 0 Å². The van der Waals surface area contributed by atoms with Gasteiger partial charge in [-0.2, -0.15) is 0 Å². The largest absolute Gasteiger partial charge is 0.519 e. The van der Waals surface area contributed by atoms with Crippen LogP contribution in [0.15, 0.2) is 38.6 Å². The van der Waals surface area contributed by atoms with Crippen molar-refractivity contribution in [2.45, 2.75) is 0 Å². The first-order valence-corrected chi connectivity index (χ1v) is 2.70. The van der Waals surface area contributed by atoms with Gasteiger partial charge in [0.2, 0.25) is 0 Å². The summed E-state index contributed by atoms with van der Waals surface area (Å²) >= 11 is 0. The minimum absolute atomic E-state index is 0.393. The average Bonchev–Trinajstić information content (AvgIpc) is 2.31. The third-order valence-corrected chi connectivity index (χ3v) is 0.869. The van der Waals surface area contributed by atoms with Crippen LogP contribution in [0.4, 0.5) is 0 Å². The van der Waals surface area contributed by atoms with Crippen molar-refractivity contribution < 1.29 is 8.83 Å². The number of rotatable bonds is 2. The summed E-state index contributed by atoms with van der Waals surface area (Å²) in [6.07, 6.45) is 6.04. The molecule has 0 saturated carbocycles. The first-order valence-electron chi connectivity index (χ1n) is 2.70. The van der Waals surface area contributed by atoms with Crippen LogP contribution < -0.4 is 5.82 Å². The molecule has 0 bridgehead atoms. The van der Waals surface area contributed by atoms with E-state index in [-0.39, 0.29) is 0 Å². The third kappa shape index (κ3) is 1.48. The van der Waals surface area contributed by atoms with Gasteiger partial charge < -0.3 is 8.83 Å². The quantitative estimate of drug-likeness (QED) is 0.580. The molecule has 10 heavy (non-hydrogen) atoms. The summed E-state index contributed by atoms with van der Waals surface area (Å²) in [7, 11) is 0. The van der Waals surface area contributed by atoms with Crippen molar-refractivity contribution in [3.63, 3.8) is 0 Å². The van der Waals surface area contributed by atoms with Gasteiger partial charge >= 0.3 is 5.82 Å². The smallest absolute Gasteiger partial charge is 0.399 e. The van der Waals surface area contributed by atoms with Gasteiger partial charge in [0.05, 0.1) is 0 Å². The Morgan fingerprint density at radius 1 is 1.60 bits per heavy atom. The molecule has 3 nitrogen and oxygen atoms in total. The standard InChI is InChI=1S/C7H6O3/c1-2-3-4-6-5-9-7(8)10-6/h2-5H,1H2/b4-3+. The predicted molar refractivity (Wildman–Crippen MR) is 36.5 cm³/mol. The number of hydrogen-bond acceptors (Lipinski definition) is 3. The topological polar surface area (TPSA) is 43.4 Å². The van der Waals surface area contributed by atoms with Gasteiger partial charge in [-0.25, -0.2) is 4.79 Å². The molecule has 0 fully saturated rings. The van der Waals surface area contributed by atoms with E-state index in [1.165, 1.54) is 6.26 Å². The Hall–Kier alpha value is -1.51. The molecule has 0 unspecified atom stereocenters. The zero-order chi connectivity index (χ0) is 7.40. The van der Waals surface area contributed by atoms with E-state index in [9.17, 15) is 4.79 Å². The first-order chi connectivity index (χ1) is 4.83. The van der Waals surface area contributed by atoms with Crippen LogP contribution >= 0.6 is 0 Å². The van der Waals surface area contributed by atoms with Crippen molar-refractivity contribution in [3.05, 3.63) is 41.4 Å². The van der Waals surface area contributed by atoms with Crippen molar-refractivity contribution >= 4 is 6.08 Å². The van der Waals surface area contributed by atoms with Crippen LogP contribution in [0.25, 0.3) is 6.08 Å². The molecule has 52 valence electrons. The highest BCUT2D eigenvalue weighted by Crippen LogP contribution is 1.97. The second-order valence-corrected chi connectivity index (χ2v) is 1.58. The van der Waals surface area contributed by atoms with Gasteiger partial charge in [-0.15, -0.1) is 0 Å². The minimum atomic E-state index is -0.691. The van der Waals surface area contributed by atoms with Gasteiger partial charge in [0.15, 0.2) is 5.76 Å². The lowest BCUT2D eigenvalue weighted by Gasteiger charge is -1.73. The van der Waals surface area contributed by atoms with Crippen LogP contribution in [0, 0.1) is 0 Å². The molecule has 0 radical (unpaired) electrons. The van der Waals surface area contributed by atoms with Gasteiger partial charge in [-0.3, -0.25) is 0 Å². The maximum Gasteiger partial charge on any atom is 0.519 e. The van der Waals surface area contributed by atoms with E-state index in [1.54, 1.807) is 18.2 Å². The maximum atomic E-state index is 10.3. The normalized spacial score (nSPS) is 10.4. The monoisotopic (exact) mass is 138 g/mol. The van der Waals surface area contributed by atoms with E-state index < -0.39 is 5.82 Å². The lowest BCUT2D eigenvalue weighted by atomic mass is 10.4. The SMILES string of the molecule is C=C/C=C/c1coc(=O)o1. The molecular formula is C7H6O3. The Morgan fingerprint density at radius 2 is 2.40 bits per heavy atom. The fourth-order valence-electron chi connectivity index (χ4n) is 0.487. The summed E-state index contributed by atoms with van der Waals surface area (Å²) in [5, 5.41) is 0. The van der Waals surface area contributed by atoms with Gasteiger partial charge in [-0.1, -0.05) is 18.7 Å². The predicted octanol–water partition coefficient (Wildman–Crippen LogP) is 1.43. The molecule has 1 aromatic heterocycles. The summed E-state index contributed by atoms with van der Waals surface area (Å²) in [5.41, 5.74) is 0. The molecule has 1 rings (SSSR count). The summed E-state index contributed by atoms with van der Waals surface area (Å²) in [4.78, 5) is 10.3. The molecule has 0 aliphatic heterocycles. The van der Waals surface area contributed by atoms with Crippen LogP contribution in [-0.2, 0) is 0 Å². The Labute approximate surface area is 57.3 Å². The van der Waals surface area contributed by atoms with E-state index >= 15 is 0 Å². The molecule has 0 amide bonds. The molecule has 0 saturated heterocycles. The van der Waals surface area contributed by atoms with Crippen molar-refractivity contribution in [2.24, 2.45) is 0 Å². The van der Waals surface area contributed by atoms with Crippen molar-refractivity contribution in [1.29, 1.82) is 0 Å². The van der Waals surface area contributed by atoms with Crippen molar-refractivity contribution in [3.8, 4) is 0 Å². The maximum absolute atomic E-state index is 10.3. The molecule has 0 spiro atoms. The summed E-state index contributed by atoms with van der Waals surface area (Å²) in [6, 6.07) is 0.